The van der Waals surface area contributed by atoms with E-state index in [9.17, 15) is 4.79 Å². The van der Waals surface area contributed by atoms with Crippen molar-refractivity contribution >= 4 is 27.4 Å². The van der Waals surface area contributed by atoms with Gasteiger partial charge in [0.25, 0.3) is 0 Å². The van der Waals surface area contributed by atoms with Crippen LogP contribution in [-0.2, 0) is 4.79 Å². The second kappa shape index (κ2) is 4.46. The van der Waals surface area contributed by atoms with Crippen molar-refractivity contribution in [3.63, 3.8) is 0 Å². The van der Waals surface area contributed by atoms with Gasteiger partial charge in [-0.3, -0.25) is 4.79 Å². The molecule has 4 heteroatoms. The number of ether oxygens (including phenoxy) is 1. The van der Waals surface area contributed by atoms with Crippen LogP contribution in [0.2, 0.25) is 0 Å². The molecule has 0 saturated heterocycles. The van der Waals surface area contributed by atoms with Crippen molar-refractivity contribution in [1.29, 1.82) is 0 Å². The first-order valence-corrected chi connectivity index (χ1v) is 5.05. The fraction of sp³-hybridized carbons (Fsp3) is 0.300. The van der Waals surface area contributed by atoms with Gasteiger partial charge in [-0.2, -0.15) is 0 Å². The first-order chi connectivity index (χ1) is 6.56. The van der Waals surface area contributed by atoms with Gasteiger partial charge in [0, 0.05) is 5.69 Å². The normalized spacial score (nSPS) is 12.2. The molecule has 1 aromatic carbocycles. The van der Waals surface area contributed by atoms with Crippen molar-refractivity contribution < 1.29 is 9.53 Å². The zero-order chi connectivity index (χ0) is 10.7. The Kier molecular flexibility index (Phi) is 3.52. The molecule has 3 nitrogen and oxygen atoms in total. The molecule has 0 aromatic heterocycles. The molecule has 2 N–H and O–H groups in total. The first kappa shape index (κ1) is 11.0. The molecule has 0 radical (unpaired) electrons. The lowest BCUT2D eigenvalue weighted by atomic mass is 10.1. The standard InChI is InChI=1S/C10H12BrNO2/c1-6(13)10(11)8-5-7(14-2)3-4-9(8)12/h3-5,10H,12H2,1-2H3. The van der Waals surface area contributed by atoms with E-state index in [-0.39, 0.29) is 10.6 Å². The number of hydrogen-bond donors (Lipinski definition) is 1. The molecule has 0 heterocycles. The van der Waals surface area contributed by atoms with Crippen LogP contribution in [0.3, 0.4) is 0 Å². The van der Waals surface area contributed by atoms with Crippen LogP contribution in [0.1, 0.15) is 17.3 Å². The van der Waals surface area contributed by atoms with Gasteiger partial charge < -0.3 is 10.5 Å². The molecule has 0 aliphatic heterocycles. The molecule has 1 unspecified atom stereocenters. The van der Waals surface area contributed by atoms with Gasteiger partial charge in [0.1, 0.15) is 11.5 Å². The highest BCUT2D eigenvalue weighted by Crippen LogP contribution is 2.31. The van der Waals surface area contributed by atoms with E-state index in [4.69, 9.17) is 10.5 Å². The minimum Gasteiger partial charge on any atom is -0.497 e. The fourth-order valence-corrected chi connectivity index (χ4v) is 1.51. The third kappa shape index (κ3) is 2.26. The topological polar surface area (TPSA) is 52.3 Å². The van der Waals surface area contributed by atoms with Gasteiger partial charge >= 0.3 is 0 Å². The summed E-state index contributed by atoms with van der Waals surface area (Å²) in [6.07, 6.45) is 0. The number of nitrogens with two attached hydrogens (primary N) is 1. The van der Waals surface area contributed by atoms with Crippen molar-refractivity contribution in [3.8, 4) is 5.75 Å². The number of ketones is 1. The molecule has 0 amide bonds. The number of hydrogen-bond acceptors (Lipinski definition) is 3. The summed E-state index contributed by atoms with van der Waals surface area (Å²) in [6, 6.07) is 5.25. The van der Waals surface area contributed by atoms with Gasteiger partial charge in [0.15, 0.2) is 0 Å². The second-order valence-electron chi connectivity index (χ2n) is 2.97. The molecule has 0 saturated carbocycles. The number of benzene rings is 1. The molecular formula is C10H12BrNO2. The van der Waals surface area contributed by atoms with Crippen LogP contribution in [0.25, 0.3) is 0 Å². The highest BCUT2D eigenvalue weighted by molar-refractivity contribution is 9.09. The summed E-state index contributed by atoms with van der Waals surface area (Å²) in [4.78, 5) is 10.8. The maximum absolute atomic E-state index is 11.2. The molecule has 1 rings (SSSR count). The number of anilines is 1. The lowest BCUT2D eigenvalue weighted by Gasteiger charge is -2.11. The average molecular weight is 258 g/mol. The zero-order valence-electron chi connectivity index (χ0n) is 8.08. The number of methoxy groups -OCH3 is 1. The third-order valence-electron chi connectivity index (χ3n) is 1.92. The largest absolute Gasteiger partial charge is 0.497 e. The Morgan fingerprint density at radius 3 is 2.71 bits per heavy atom. The summed E-state index contributed by atoms with van der Waals surface area (Å²) in [5, 5.41) is 0. The van der Waals surface area contributed by atoms with Gasteiger partial charge in [-0.25, -0.2) is 0 Å². The average Bonchev–Trinajstić information content (AvgIpc) is 2.17. The SMILES string of the molecule is COc1ccc(N)c(C(Br)C(C)=O)c1. The first-order valence-electron chi connectivity index (χ1n) is 4.14. The van der Waals surface area contributed by atoms with E-state index in [0.29, 0.717) is 11.4 Å². The summed E-state index contributed by atoms with van der Waals surface area (Å²) in [7, 11) is 1.58. The Bertz CT molecular complexity index is 352. The smallest absolute Gasteiger partial charge is 0.147 e. The number of Topliss-reactive ketones (excluding diaryl/α,β-unsaturated/α-hetero) is 1. The zero-order valence-corrected chi connectivity index (χ0v) is 9.67. The monoisotopic (exact) mass is 257 g/mol. The van der Waals surface area contributed by atoms with Crippen molar-refractivity contribution in [2.45, 2.75) is 11.8 Å². The number of rotatable bonds is 3. The number of carbonyl (C=O) groups excluding carboxylic acids is 1. The van der Waals surface area contributed by atoms with Gasteiger partial charge in [0.05, 0.1) is 11.9 Å². The van der Waals surface area contributed by atoms with E-state index in [1.165, 1.54) is 6.92 Å². The third-order valence-corrected chi connectivity index (χ3v) is 3.06. The molecule has 1 aromatic rings. The minimum atomic E-state index is -0.363. The van der Waals surface area contributed by atoms with Crippen molar-refractivity contribution in [1.82, 2.24) is 0 Å². The molecule has 14 heavy (non-hydrogen) atoms. The predicted molar refractivity (Wildman–Crippen MR) is 59.8 cm³/mol. The van der Waals surface area contributed by atoms with E-state index < -0.39 is 0 Å². The predicted octanol–water partition coefficient (Wildman–Crippen LogP) is 2.30. The van der Waals surface area contributed by atoms with E-state index in [1.807, 2.05) is 0 Å². The number of halogens is 1. The molecule has 0 bridgehead atoms. The molecular weight excluding hydrogens is 246 g/mol. The van der Waals surface area contributed by atoms with Gasteiger partial charge in [-0.15, -0.1) is 0 Å². The van der Waals surface area contributed by atoms with Crippen LogP contribution >= 0.6 is 15.9 Å². The Labute approximate surface area is 91.4 Å². The van der Waals surface area contributed by atoms with Crippen LogP contribution in [0.15, 0.2) is 18.2 Å². The molecule has 0 fully saturated rings. The van der Waals surface area contributed by atoms with Crippen molar-refractivity contribution in [2.24, 2.45) is 0 Å². The molecule has 0 spiro atoms. The van der Waals surface area contributed by atoms with E-state index >= 15 is 0 Å². The van der Waals surface area contributed by atoms with Crippen LogP contribution in [0, 0.1) is 0 Å². The summed E-state index contributed by atoms with van der Waals surface area (Å²) < 4.78 is 5.05. The summed E-state index contributed by atoms with van der Waals surface area (Å²) in [5.74, 6) is 0.713. The lowest BCUT2D eigenvalue weighted by Crippen LogP contribution is -2.04. The Balaban J connectivity index is 3.11. The van der Waals surface area contributed by atoms with Gasteiger partial charge in [-0.1, -0.05) is 15.9 Å². The highest BCUT2D eigenvalue weighted by atomic mass is 79.9. The Hall–Kier alpha value is -1.03. The van der Waals surface area contributed by atoms with Crippen LogP contribution in [0.5, 0.6) is 5.75 Å². The van der Waals surface area contributed by atoms with E-state index in [2.05, 4.69) is 15.9 Å². The van der Waals surface area contributed by atoms with E-state index in [0.717, 1.165) is 5.56 Å². The molecule has 76 valence electrons. The van der Waals surface area contributed by atoms with Gasteiger partial charge in [-0.05, 0) is 30.7 Å². The van der Waals surface area contributed by atoms with Crippen LogP contribution < -0.4 is 10.5 Å². The quantitative estimate of drug-likeness (QED) is 0.668. The Morgan fingerprint density at radius 1 is 1.57 bits per heavy atom. The second-order valence-corrected chi connectivity index (χ2v) is 3.88. The summed E-state index contributed by atoms with van der Waals surface area (Å²) in [5.41, 5.74) is 7.08. The maximum atomic E-state index is 11.2. The van der Waals surface area contributed by atoms with Gasteiger partial charge in [0.2, 0.25) is 0 Å². The van der Waals surface area contributed by atoms with Crippen molar-refractivity contribution in [3.05, 3.63) is 23.8 Å². The van der Waals surface area contributed by atoms with Crippen LogP contribution in [0.4, 0.5) is 5.69 Å². The number of carbonyl (C=O) groups is 1. The minimum absolute atomic E-state index is 0.0185. The van der Waals surface area contributed by atoms with Crippen molar-refractivity contribution in [2.75, 3.05) is 12.8 Å². The number of nitrogen functional groups attached to an aromatic ring is 1. The summed E-state index contributed by atoms with van der Waals surface area (Å²) in [6.45, 7) is 1.51. The van der Waals surface area contributed by atoms with E-state index in [1.54, 1.807) is 25.3 Å². The lowest BCUT2D eigenvalue weighted by molar-refractivity contribution is -0.116. The molecule has 0 aliphatic carbocycles. The maximum Gasteiger partial charge on any atom is 0.147 e. The highest BCUT2D eigenvalue weighted by Gasteiger charge is 2.15. The Morgan fingerprint density at radius 2 is 2.21 bits per heavy atom. The molecule has 1 atom stereocenters. The van der Waals surface area contributed by atoms with Crippen LogP contribution in [-0.4, -0.2) is 12.9 Å². The summed E-state index contributed by atoms with van der Waals surface area (Å²) >= 11 is 3.28. The number of alkyl halides is 1. The molecule has 0 aliphatic rings. The fourth-order valence-electron chi connectivity index (χ4n) is 1.12.